The molecule has 0 radical (unpaired) electrons. The van der Waals surface area contributed by atoms with Crippen molar-refractivity contribution in [2.45, 2.75) is 59.0 Å². The minimum absolute atomic E-state index is 0.0480. The highest BCUT2D eigenvalue weighted by atomic mass is 19.1. The molecular weight excluding hydrogens is 471 g/mol. The topological polar surface area (TPSA) is 93.0 Å². The van der Waals surface area contributed by atoms with Crippen LogP contribution in [-0.4, -0.2) is 42.2 Å². The van der Waals surface area contributed by atoms with Crippen LogP contribution in [0.2, 0.25) is 0 Å². The van der Waals surface area contributed by atoms with Gasteiger partial charge < -0.3 is 14.8 Å². The first-order valence-corrected chi connectivity index (χ1v) is 12.7. The number of Topliss-reactive ketones (excluding diaryl/α,β-unsaturated/α-hetero) is 1. The zero-order chi connectivity index (χ0) is 26.1. The Morgan fingerprint density at radius 3 is 2.70 bits per heavy atom. The van der Waals surface area contributed by atoms with Gasteiger partial charge in [0.2, 0.25) is 5.91 Å². The second kappa shape index (κ2) is 8.33. The first-order chi connectivity index (χ1) is 17.6. The Kier molecular flexibility index (Phi) is 5.29. The fraction of sp³-hybridized carbons (Fsp3) is 0.393. The van der Waals surface area contributed by atoms with E-state index in [4.69, 9.17) is 4.98 Å². The van der Waals surface area contributed by atoms with Gasteiger partial charge in [-0.2, -0.15) is 0 Å². The van der Waals surface area contributed by atoms with Crippen LogP contribution >= 0.6 is 0 Å². The lowest BCUT2D eigenvalue weighted by atomic mass is 9.76. The summed E-state index contributed by atoms with van der Waals surface area (Å²) in [6.07, 6.45) is 10.1. The van der Waals surface area contributed by atoms with Gasteiger partial charge in [-0.3, -0.25) is 14.6 Å². The number of anilines is 2. The number of fused-ring (bicyclic) bond motifs is 2. The van der Waals surface area contributed by atoms with Crippen molar-refractivity contribution >= 4 is 39.8 Å². The predicted octanol–water partition coefficient (Wildman–Crippen LogP) is 5.18. The van der Waals surface area contributed by atoms with Crippen molar-refractivity contribution in [1.82, 2.24) is 24.4 Å². The van der Waals surface area contributed by atoms with Gasteiger partial charge in [-0.05, 0) is 44.1 Å². The summed E-state index contributed by atoms with van der Waals surface area (Å²) in [5.74, 6) is 0.336. The number of nitrogens with zero attached hydrogens (tertiary/aromatic N) is 5. The van der Waals surface area contributed by atoms with Crippen LogP contribution in [-0.2, 0) is 9.59 Å². The molecule has 37 heavy (non-hydrogen) atoms. The molecule has 1 N–H and O–H groups in total. The van der Waals surface area contributed by atoms with E-state index in [1.54, 1.807) is 12.4 Å². The quantitative estimate of drug-likeness (QED) is 0.519. The molecule has 8 nitrogen and oxygen atoms in total. The third kappa shape index (κ3) is 3.67. The van der Waals surface area contributed by atoms with E-state index in [0.717, 1.165) is 28.5 Å². The van der Waals surface area contributed by atoms with E-state index >= 15 is 0 Å². The maximum Gasteiger partial charge on any atom is 0.233 e. The van der Waals surface area contributed by atoms with E-state index in [9.17, 15) is 14.0 Å². The molecule has 6 rings (SSSR count). The van der Waals surface area contributed by atoms with Gasteiger partial charge in [-0.15, -0.1) is 0 Å². The lowest BCUT2D eigenvalue weighted by Gasteiger charge is -2.35. The summed E-state index contributed by atoms with van der Waals surface area (Å²) in [6.45, 7) is 8.08. The fourth-order valence-electron chi connectivity index (χ4n) is 5.66. The number of halogens is 1. The summed E-state index contributed by atoms with van der Waals surface area (Å²) in [7, 11) is 0. The Morgan fingerprint density at radius 1 is 1.22 bits per heavy atom. The monoisotopic (exact) mass is 500 g/mol. The summed E-state index contributed by atoms with van der Waals surface area (Å²) in [5.41, 5.74) is 3.78. The van der Waals surface area contributed by atoms with Gasteiger partial charge in [0.05, 0.1) is 40.9 Å². The number of carbonyl (C=O) groups excluding carboxylic acids is 2. The molecule has 0 aromatic carbocycles. The molecular formula is C28H29FN6O2. The number of nitrogens with one attached hydrogen (secondary N) is 1. The molecule has 2 aliphatic carbocycles. The van der Waals surface area contributed by atoms with Crippen molar-refractivity contribution in [3.63, 3.8) is 0 Å². The van der Waals surface area contributed by atoms with Crippen LogP contribution in [0.15, 0.2) is 48.7 Å². The number of ketones is 1. The standard InChI is InChI=1S/C28H29FN6O2/c1-15(2)34-14-31-23-12-22(33-26(25(23)34)32-21-7-8-30-13-20(21)29)16-5-6-19-24(9-16)35(17-10-18(36)11-17)27(37)28(19,3)4/h5,7-9,12-15,17,19H,6,10-11H2,1-4H3,(H,30,32,33). The third-order valence-electron chi connectivity index (χ3n) is 7.87. The Morgan fingerprint density at radius 2 is 2.00 bits per heavy atom. The largest absolute Gasteiger partial charge is 0.336 e. The zero-order valence-electron chi connectivity index (χ0n) is 21.3. The molecule has 2 fully saturated rings. The van der Waals surface area contributed by atoms with Crippen LogP contribution in [0.4, 0.5) is 15.9 Å². The van der Waals surface area contributed by atoms with Crippen molar-refractivity contribution in [3.05, 3.63) is 60.2 Å². The van der Waals surface area contributed by atoms with E-state index in [0.29, 0.717) is 30.8 Å². The number of hydrogen-bond acceptors (Lipinski definition) is 6. The summed E-state index contributed by atoms with van der Waals surface area (Å²) in [6, 6.07) is 3.56. The molecule has 1 unspecified atom stereocenters. The first-order valence-electron chi connectivity index (χ1n) is 12.7. The fourth-order valence-corrected chi connectivity index (χ4v) is 5.66. The normalized spacial score (nSPS) is 21.2. The maximum atomic E-state index is 14.5. The van der Waals surface area contributed by atoms with E-state index in [-0.39, 0.29) is 35.4 Å². The number of hydrogen-bond donors (Lipinski definition) is 1. The van der Waals surface area contributed by atoms with Gasteiger partial charge in [-0.1, -0.05) is 19.9 Å². The van der Waals surface area contributed by atoms with Gasteiger partial charge >= 0.3 is 0 Å². The predicted molar refractivity (Wildman–Crippen MR) is 138 cm³/mol. The Hall–Kier alpha value is -3.88. The van der Waals surface area contributed by atoms with Crippen LogP contribution in [0.1, 0.15) is 58.7 Å². The van der Waals surface area contributed by atoms with Gasteiger partial charge in [0.1, 0.15) is 11.3 Å². The van der Waals surface area contributed by atoms with Crippen molar-refractivity contribution < 1.29 is 14.0 Å². The van der Waals surface area contributed by atoms with Crippen LogP contribution in [0.3, 0.4) is 0 Å². The Bertz CT molecular complexity index is 1510. The van der Waals surface area contributed by atoms with Crippen molar-refractivity contribution in [2.75, 3.05) is 5.32 Å². The summed E-state index contributed by atoms with van der Waals surface area (Å²) in [4.78, 5) is 40.4. The van der Waals surface area contributed by atoms with Gasteiger partial charge in [0, 0.05) is 36.7 Å². The van der Waals surface area contributed by atoms with Gasteiger partial charge in [0.25, 0.3) is 0 Å². The minimum atomic E-state index is -0.536. The molecule has 0 spiro atoms. The van der Waals surface area contributed by atoms with Crippen LogP contribution in [0.5, 0.6) is 0 Å². The van der Waals surface area contributed by atoms with Crippen molar-refractivity contribution in [3.8, 4) is 0 Å². The molecule has 1 amide bonds. The second-order valence-corrected chi connectivity index (χ2v) is 11.0. The molecule has 190 valence electrons. The van der Waals surface area contributed by atoms with E-state index < -0.39 is 11.2 Å². The molecule has 0 bridgehead atoms. The highest BCUT2D eigenvalue weighted by Gasteiger charge is 2.54. The molecule has 3 aromatic rings. The average Bonchev–Trinajstić information content (AvgIpc) is 3.36. The van der Waals surface area contributed by atoms with Gasteiger partial charge in [0.15, 0.2) is 11.6 Å². The number of rotatable bonds is 5. The van der Waals surface area contributed by atoms with Crippen LogP contribution in [0.25, 0.3) is 16.6 Å². The summed E-state index contributed by atoms with van der Waals surface area (Å²) < 4.78 is 16.5. The number of carbonyl (C=O) groups is 2. The van der Waals surface area contributed by atoms with E-state index in [1.807, 2.05) is 35.5 Å². The van der Waals surface area contributed by atoms with Crippen LogP contribution < -0.4 is 5.32 Å². The van der Waals surface area contributed by atoms with E-state index in [2.05, 4.69) is 35.2 Å². The number of likely N-dealkylation sites (tertiary alicyclic amines) is 1. The lowest BCUT2D eigenvalue weighted by Crippen LogP contribution is -2.46. The van der Waals surface area contributed by atoms with Gasteiger partial charge in [-0.25, -0.2) is 14.4 Å². The van der Waals surface area contributed by atoms with E-state index in [1.165, 1.54) is 6.20 Å². The first kappa shape index (κ1) is 23.5. The van der Waals surface area contributed by atoms with Crippen molar-refractivity contribution in [2.24, 2.45) is 11.3 Å². The average molecular weight is 501 g/mol. The molecule has 3 aromatic heterocycles. The summed E-state index contributed by atoms with van der Waals surface area (Å²) in [5, 5.41) is 3.16. The Balaban J connectivity index is 1.45. The highest BCUT2D eigenvalue weighted by molar-refractivity contribution is 5.95. The molecule has 9 heteroatoms. The molecule has 1 saturated carbocycles. The number of allylic oxidation sites excluding steroid dienone is 4. The maximum absolute atomic E-state index is 14.5. The molecule has 1 atom stereocenters. The van der Waals surface area contributed by atoms with Crippen LogP contribution in [0, 0.1) is 17.2 Å². The smallest absolute Gasteiger partial charge is 0.233 e. The number of pyridine rings is 2. The van der Waals surface area contributed by atoms with Crippen molar-refractivity contribution in [1.29, 1.82) is 0 Å². The molecule has 3 aliphatic rings. The Labute approximate surface area is 214 Å². The second-order valence-electron chi connectivity index (χ2n) is 11.0. The minimum Gasteiger partial charge on any atom is -0.336 e. The lowest BCUT2D eigenvalue weighted by molar-refractivity contribution is -0.140. The molecule has 1 aliphatic heterocycles. The number of imidazole rings is 1. The summed E-state index contributed by atoms with van der Waals surface area (Å²) >= 11 is 0. The highest BCUT2D eigenvalue weighted by Crippen LogP contribution is 2.51. The molecule has 1 saturated heterocycles. The third-order valence-corrected chi connectivity index (χ3v) is 7.87. The number of aromatic nitrogens is 4. The zero-order valence-corrected chi connectivity index (χ0v) is 21.3. The number of amides is 1. The molecule has 4 heterocycles. The SMILES string of the molecule is CC(C)n1cnc2cc(C3=CCC4C(=C3)N(C3CC(=O)C3)C(=O)C4(C)C)nc(Nc3ccncc3F)c21.